The maximum atomic E-state index is 14.7. The normalized spacial score (nSPS) is 12.0. The van der Waals surface area contributed by atoms with Gasteiger partial charge in [0.05, 0.1) is 89.1 Å². The van der Waals surface area contributed by atoms with Gasteiger partial charge in [0, 0.05) is 54.2 Å². The van der Waals surface area contributed by atoms with E-state index in [2.05, 4.69) is 36.4 Å². The standard InChI is InChI=1S/2C40H26F3N3/c2*1-24-15-17-36-30(19-24)28-10-4-7-13-34(28)45(36)38-22-32(27-9-3-6-12-33(27)40(41,42)43)39(21-26(38)23-44)46-35-14-8-5-11-29(35)31-20-25(2)16-18-37(31)46/h2*3-22H,1-2H3. The SMILES string of the molecule is Cc1ccc2c(c1)c1ccccc1n2-c1cc(-c2ccccc2C(F)(F)F)c(-n2c3ccccc3c3cc(C)ccc32)cc1C#N.Cc1ccc2c(c1)c1ccccc1n2-c1cc(-c2ccccc2C(F)(F)F)c(-n2c3ccccc3c3cc(C)ccc32)cc1C#N. The number of fused-ring (bicyclic) bond motifs is 12. The Hall–Kier alpha value is -11.6. The van der Waals surface area contributed by atoms with Gasteiger partial charge in [0.15, 0.2) is 0 Å². The van der Waals surface area contributed by atoms with E-state index in [0.29, 0.717) is 45.0 Å². The number of hydrogen-bond acceptors (Lipinski definition) is 2. The fourth-order valence-electron chi connectivity index (χ4n) is 13.8. The molecule has 6 nitrogen and oxygen atoms in total. The van der Waals surface area contributed by atoms with Crippen molar-refractivity contribution in [3.63, 3.8) is 0 Å². The Morgan fingerprint density at radius 2 is 0.511 bits per heavy atom. The molecule has 0 unspecified atom stereocenters. The van der Waals surface area contributed by atoms with Crippen molar-refractivity contribution in [2.75, 3.05) is 0 Å². The van der Waals surface area contributed by atoms with Gasteiger partial charge in [0.1, 0.15) is 12.1 Å². The summed E-state index contributed by atoms with van der Waals surface area (Å²) in [6, 6.07) is 79.2. The van der Waals surface area contributed by atoms with E-state index in [1.165, 1.54) is 24.3 Å². The second-order valence-corrected chi connectivity index (χ2v) is 23.6. The number of halogens is 6. The van der Waals surface area contributed by atoms with Gasteiger partial charge in [-0.3, -0.25) is 0 Å². The molecule has 16 rings (SSSR count). The Balaban J connectivity index is 0.000000153. The van der Waals surface area contributed by atoms with E-state index >= 15 is 0 Å². The summed E-state index contributed by atoms with van der Waals surface area (Å²) in [7, 11) is 0. The Kier molecular flexibility index (Phi) is 13.3. The molecular formula is C80H52F6N6. The Morgan fingerprint density at radius 1 is 0.261 bits per heavy atom. The molecule has 0 amide bonds. The van der Waals surface area contributed by atoms with E-state index in [1.54, 1.807) is 36.4 Å². The molecule has 16 aromatic rings. The lowest BCUT2D eigenvalue weighted by Crippen LogP contribution is -2.09. The molecule has 0 saturated carbocycles. The first-order chi connectivity index (χ1) is 44.5. The smallest absolute Gasteiger partial charge is 0.309 e. The second-order valence-electron chi connectivity index (χ2n) is 23.6. The summed E-state index contributed by atoms with van der Waals surface area (Å²) in [6.45, 7) is 8.10. The first-order valence-corrected chi connectivity index (χ1v) is 30.0. The van der Waals surface area contributed by atoms with Crippen molar-refractivity contribution in [2.45, 2.75) is 40.0 Å². The number of nitriles is 2. The monoisotopic (exact) mass is 1210 g/mol. The number of nitrogens with zero attached hydrogens (tertiary/aromatic N) is 6. The van der Waals surface area contributed by atoms with Gasteiger partial charge in [-0.1, -0.05) is 156 Å². The molecule has 0 atom stereocenters. The Labute approximate surface area is 524 Å². The molecule has 0 N–H and O–H groups in total. The topological polar surface area (TPSA) is 67.3 Å². The van der Waals surface area contributed by atoms with Gasteiger partial charge < -0.3 is 18.3 Å². The first-order valence-electron chi connectivity index (χ1n) is 30.0. The molecule has 12 aromatic carbocycles. The summed E-state index contributed by atoms with van der Waals surface area (Å²) >= 11 is 0. The fraction of sp³-hybridized carbons (Fsp3) is 0.0750. The maximum absolute atomic E-state index is 14.7. The molecule has 0 aliphatic carbocycles. The summed E-state index contributed by atoms with van der Waals surface area (Å²) in [5, 5.41) is 29.3. The summed E-state index contributed by atoms with van der Waals surface area (Å²) in [5.74, 6) is 0. The molecule has 12 heteroatoms. The van der Waals surface area contributed by atoms with Gasteiger partial charge in [-0.05, 0) is 148 Å². The van der Waals surface area contributed by atoms with Crippen LogP contribution in [-0.2, 0) is 12.4 Å². The van der Waals surface area contributed by atoms with Crippen molar-refractivity contribution >= 4 is 87.2 Å². The quantitative estimate of drug-likeness (QED) is 0.156. The molecule has 0 aliphatic rings. The minimum atomic E-state index is -4.59. The second kappa shape index (κ2) is 21.6. The third-order valence-corrected chi connectivity index (χ3v) is 17.8. The van der Waals surface area contributed by atoms with E-state index in [-0.39, 0.29) is 11.1 Å². The fourth-order valence-corrected chi connectivity index (χ4v) is 13.8. The maximum Gasteiger partial charge on any atom is 0.417 e. The highest BCUT2D eigenvalue weighted by Crippen LogP contribution is 2.47. The highest BCUT2D eigenvalue weighted by atomic mass is 19.4. The van der Waals surface area contributed by atoms with Crippen LogP contribution in [-0.4, -0.2) is 18.3 Å². The Morgan fingerprint density at radius 3 is 0.793 bits per heavy atom. The van der Waals surface area contributed by atoms with Gasteiger partial charge in [0.25, 0.3) is 0 Å². The Bertz CT molecular complexity index is 5480. The number of rotatable bonds is 6. The van der Waals surface area contributed by atoms with Gasteiger partial charge in [-0.2, -0.15) is 36.9 Å². The van der Waals surface area contributed by atoms with Crippen molar-refractivity contribution in [2.24, 2.45) is 0 Å². The zero-order chi connectivity index (χ0) is 63.5. The van der Waals surface area contributed by atoms with Crippen LogP contribution in [0.1, 0.15) is 44.5 Å². The molecule has 0 fully saturated rings. The number of alkyl halides is 6. The first kappa shape index (κ1) is 56.9. The average molecular weight is 1210 g/mol. The van der Waals surface area contributed by atoms with Crippen LogP contribution in [0.4, 0.5) is 26.3 Å². The minimum absolute atomic E-state index is 0.0467. The lowest BCUT2D eigenvalue weighted by molar-refractivity contribution is -0.137. The van der Waals surface area contributed by atoms with Crippen LogP contribution in [0.5, 0.6) is 0 Å². The molecule has 0 spiro atoms. The molecule has 4 heterocycles. The van der Waals surface area contributed by atoms with E-state index in [4.69, 9.17) is 0 Å². The van der Waals surface area contributed by atoms with Crippen LogP contribution in [0.15, 0.2) is 243 Å². The van der Waals surface area contributed by atoms with Crippen LogP contribution >= 0.6 is 0 Å². The molecular weight excluding hydrogens is 1160 g/mol. The summed E-state index contributed by atoms with van der Waals surface area (Å²) in [6.07, 6.45) is -9.19. The van der Waals surface area contributed by atoms with Gasteiger partial charge in [-0.25, -0.2) is 0 Å². The number of hydrogen-bond donors (Lipinski definition) is 0. The van der Waals surface area contributed by atoms with Crippen molar-refractivity contribution in [1.29, 1.82) is 10.5 Å². The van der Waals surface area contributed by atoms with E-state index in [1.807, 2.05) is 192 Å². The highest BCUT2D eigenvalue weighted by molar-refractivity contribution is 6.14. The summed E-state index contributed by atoms with van der Waals surface area (Å²) in [4.78, 5) is 0. The third-order valence-electron chi connectivity index (χ3n) is 17.8. The minimum Gasteiger partial charge on any atom is -0.309 e. The molecule has 92 heavy (non-hydrogen) atoms. The largest absolute Gasteiger partial charge is 0.417 e. The summed E-state index contributed by atoms with van der Waals surface area (Å²) < 4.78 is 96.0. The number of aromatic nitrogens is 4. The van der Waals surface area contributed by atoms with Crippen LogP contribution in [0.25, 0.3) is 132 Å². The lowest BCUT2D eigenvalue weighted by Gasteiger charge is -2.21. The van der Waals surface area contributed by atoms with Gasteiger partial charge in [0.2, 0.25) is 0 Å². The molecule has 0 bridgehead atoms. The molecule has 444 valence electrons. The summed E-state index contributed by atoms with van der Waals surface area (Å²) in [5.41, 5.74) is 13.3. The molecule has 0 aliphatic heterocycles. The van der Waals surface area contributed by atoms with Crippen LogP contribution in [0.3, 0.4) is 0 Å². The third kappa shape index (κ3) is 9.16. The highest BCUT2D eigenvalue weighted by Gasteiger charge is 2.36. The zero-order valence-electron chi connectivity index (χ0n) is 50.0. The number of para-hydroxylation sites is 4. The van der Waals surface area contributed by atoms with Crippen molar-refractivity contribution < 1.29 is 26.3 Å². The van der Waals surface area contributed by atoms with Crippen molar-refractivity contribution in [1.82, 2.24) is 18.3 Å². The predicted molar refractivity (Wildman–Crippen MR) is 359 cm³/mol. The lowest BCUT2D eigenvalue weighted by atomic mass is 9.95. The van der Waals surface area contributed by atoms with E-state index in [0.717, 1.165) is 122 Å². The molecule has 0 saturated heterocycles. The van der Waals surface area contributed by atoms with E-state index < -0.39 is 23.5 Å². The van der Waals surface area contributed by atoms with Crippen LogP contribution < -0.4 is 0 Å². The van der Waals surface area contributed by atoms with Crippen molar-refractivity contribution in [3.8, 4) is 57.1 Å². The van der Waals surface area contributed by atoms with Gasteiger partial charge >= 0.3 is 12.4 Å². The van der Waals surface area contributed by atoms with Crippen molar-refractivity contribution in [3.05, 3.63) is 287 Å². The number of aryl methyl sites for hydroxylation is 4. The average Bonchev–Trinajstić information content (AvgIpc) is 1.53. The zero-order valence-corrected chi connectivity index (χ0v) is 50.0. The van der Waals surface area contributed by atoms with Crippen LogP contribution in [0, 0.1) is 50.4 Å². The number of benzene rings is 12. The van der Waals surface area contributed by atoms with E-state index in [9.17, 15) is 36.9 Å². The molecule has 4 aromatic heterocycles. The predicted octanol–water partition coefficient (Wildman–Crippen LogP) is 22.1. The van der Waals surface area contributed by atoms with Crippen LogP contribution in [0.2, 0.25) is 0 Å². The van der Waals surface area contributed by atoms with Gasteiger partial charge in [-0.15, -0.1) is 0 Å². The molecule has 0 radical (unpaired) electrons.